The second-order valence-electron chi connectivity index (χ2n) is 4.79. The largest absolute Gasteiger partial charge is 0.417 e. The van der Waals surface area contributed by atoms with Crippen LogP contribution < -0.4 is 5.32 Å². The minimum absolute atomic E-state index is 0.0339. The summed E-state index contributed by atoms with van der Waals surface area (Å²) in [5.41, 5.74) is -2.43. The van der Waals surface area contributed by atoms with Crippen LogP contribution in [0.5, 0.6) is 0 Å². The van der Waals surface area contributed by atoms with Crippen molar-refractivity contribution in [2.75, 3.05) is 13.1 Å². The lowest BCUT2D eigenvalue weighted by atomic mass is 9.69. The fourth-order valence-corrected chi connectivity index (χ4v) is 2.80. The van der Waals surface area contributed by atoms with Crippen LogP contribution in [-0.4, -0.2) is 30.0 Å². The van der Waals surface area contributed by atoms with Gasteiger partial charge in [0.05, 0.1) is 0 Å². The van der Waals surface area contributed by atoms with Gasteiger partial charge in [-0.3, -0.25) is 0 Å². The van der Waals surface area contributed by atoms with E-state index < -0.39 is 11.8 Å². The summed E-state index contributed by atoms with van der Waals surface area (Å²) < 4.78 is 37.9. The van der Waals surface area contributed by atoms with E-state index in [4.69, 9.17) is 0 Å². The van der Waals surface area contributed by atoms with Gasteiger partial charge >= 0.3 is 6.18 Å². The maximum Gasteiger partial charge on any atom is 0.417 e. The molecule has 0 spiro atoms. The zero-order valence-electron chi connectivity index (χ0n) is 8.48. The van der Waals surface area contributed by atoms with E-state index in [-0.39, 0.29) is 18.8 Å². The Bertz CT molecular complexity index is 243. The minimum Gasteiger partial charge on any atom is -0.380 e. The number of hydrogen-bond donors (Lipinski definition) is 2. The molecule has 5 heteroatoms. The van der Waals surface area contributed by atoms with Crippen LogP contribution in [0.3, 0.4) is 0 Å². The Balaban J connectivity index is 2.07. The van der Waals surface area contributed by atoms with Gasteiger partial charge in [0.2, 0.25) is 0 Å². The monoisotopic (exact) mass is 223 g/mol. The fraction of sp³-hybridized carbons (Fsp3) is 1.00. The molecule has 2 fully saturated rings. The summed E-state index contributed by atoms with van der Waals surface area (Å²) in [6.07, 6.45) is -3.48. The third-order valence-corrected chi connectivity index (χ3v) is 3.82. The summed E-state index contributed by atoms with van der Waals surface area (Å²) in [6, 6.07) is 0. The van der Waals surface area contributed by atoms with Crippen molar-refractivity contribution in [2.24, 2.45) is 11.8 Å². The van der Waals surface area contributed by atoms with Crippen LogP contribution in [0.1, 0.15) is 25.7 Å². The van der Waals surface area contributed by atoms with Crippen molar-refractivity contribution in [3.8, 4) is 0 Å². The smallest absolute Gasteiger partial charge is 0.380 e. The molecule has 1 saturated carbocycles. The van der Waals surface area contributed by atoms with Gasteiger partial charge < -0.3 is 10.4 Å². The van der Waals surface area contributed by atoms with E-state index in [1.807, 2.05) is 0 Å². The highest BCUT2D eigenvalue weighted by Crippen LogP contribution is 2.46. The van der Waals surface area contributed by atoms with Crippen molar-refractivity contribution >= 4 is 0 Å². The number of fused-ring (bicyclic) bond motifs is 1. The molecule has 0 aromatic carbocycles. The Morgan fingerprint density at radius 3 is 2.60 bits per heavy atom. The van der Waals surface area contributed by atoms with E-state index in [9.17, 15) is 18.3 Å². The van der Waals surface area contributed by atoms with E-state index in [1.165, 1.54) is 0 Å². The second kappa shape index (κ2) is 3.63. The molecule has 2 N–H and O–H groups in total. The van der Waals surface area contributed by atoms with Crippen LogP contribution >= 0.6 is 0 Å². The highest BCUT2D eigenvalue weighted by atomic mass is 19.4. The predicted molar refractivity (Wildman–Crippen MR) is 49.3 cm³/mol. The molecular weight excluding hydrogens is 207 g/mol. The maximum atomic E-state index is 12.6. The molecule has 1 aliphatic heterocycles. The first-order chi connectivity index (χ1) is 6.92. The van der Waals surface area contributed by atoms with Crippen molar-refractivity contribution in [1.82, 2.24) is 5.32 Å². The average molecular weight is 223 g/mol. The normalized spacial score (nSPS) is 42.4. The maximum absolute atomic E-state index is 12.6. The van der Waals surface area contributed by atoms with Gasteiger partial charge in [0.15, 0.2) is 5.60 Å². The molecule has 3 unspecified atom stereocenters. The van der Waals surface area contributed by atoms with Crippen LogP contribution in [0, 0.1) is 11.8 Å². The van der Waals surface area contributed by atoms with Gasteiger partial charge in [0, 0.05) is 0 Å². The zero-order chi connectivity index (χ0) is 11.1. The predicted octanol–water partition coefficient (Wildman–Crippen LogP) is 1.69. The number of piperidine rings is 1. The van der Waals surface area contributed by atoms with Crippen LogP contribution in [0.4, 0.5) is 13.2 Å². The molecule has 0 radical (unpaired) electrons. The summed E-state index contributed by atoms with van der Waals surface area (Å²) in [5.74, 6) is 0.355. The lowest BCUT2D eigenvalue weighted by Crippen LogP contribution is -2.53. The van der Waals surface area contributed by atoms with Crippen molar-refractivity contribution in [3.05, 3.63) is 0 Å². The molecule has 3 atom stereocenters. The number of aliphatic hydroxyl groups is 1. The highest BCUT2D eigenvalue weighted by molar-refractivity contribution is 4.97. The summed E-state index contributed by atoms with van der Waals surface area (Å²) in [4.78, 5) is 0. The standard InChI is InChI=1S/C10H16F3NO/c11-10(12,13)9(15)3-1-8-6-14-4-2-7(8)5-9/h7-8,14-15H,1-6H2. The Labute approximate surface area is 86.9 Å². The molecular formula is C10H16F3NO. The van der Waals surface area contributed by atoms with E-state index in [2.05, 4.69) is 5.32 Å². The Kier molecular flexibility index (Phi) is 2.71. The first kappa shape index (κ1) is 11.2. The molecule has 2 nitrogen and oxygen atoms in total. The molecule has 1 saturated heterocycles. The molecule has 88 valence electrons. The van der Waals surface area contributed by atoms with Crippen molar-refractivity contribution < 1.29 is 18.3 Å². The fourth-order valence-electron chi connectivity index (χ4n) is 2.80. The van der Waals surface area contributed by atoms with Gasteiger partial charge in [-0.2, -0.15) is 13.2 Å². The van der Waals surface area contributed by atoms with Crippen molar-refractivity contribution in [3.63, 3.8) is 0 Å². The number of halogens is 3. The van der Waals surface area contributed by atoms with Crippen molar-refractivity contribution in [2.45, 2.75) is 37.5 Å². The van der Waals surface area contributed by atoms with Crippen LogP contribution in [-0.2, 0) is 0 Å². The van der Waals surface area contributed by atoms with E-state index in [0.717, 1.165) is 19.5 Å². The van der Waals surface area contributed by atoms with Gasteiger partial charge in [-0.25, -0.2) is 0 Å². The zero-order valence-corrected chi connectivity index (χ0v) is 8.48. The molecule has 2 rings (SSSR count). The molecule has 15 heavy (non-hydrogen) atoms. The second-order valence-corrected chi connectivity index (χ2v) is 4.79. The average Bonchev–Trinajstić information content (AvgIpc) is 2.16. The van der Waals surface area contributed by atoms with Crippen LogP contribution in [0.15, 0.2) is 0 Å². The summed E-state index contributed by atoms with van der Waals surface area (Å²) in [7, 11) is 0. The third kappa shape index (κ3) is 1.99. The first-order valence-electron chi connectivity index (χ1n) is 5.42. The molecule has 2 aliphatic rings. The summed E-state index contributed by atoms with van der Waals surface area (Å²) in [6.45, 7) is 1.58. The Morgan fingerprint density at radius 1 is 1.20 bits per heavy atom. The molecule has 1 aliphatic carbocycles. The minimum atomic E-state index is -4.47. The van der Waals surface area contributed by atoms with Crippen LogP contribution in [0.25, 0.3) is 0 Å². The number of hydrogen-bond acceptors (Lipinski definition) is 2. The van der Waals surface area contributed by atoms with Gasteiger partial charge in [0.1, 0.15) is 0 Å². The number of rotatable bonds is 0. The lowest BCUT2D eigenvalue weighted by Gasteiger charge is -2.44. The molecule has 0 aromatic rings. The van der Waals surface area contributed by atoms with E-state index >= 15 is 0 Å². The van der Waals surface area contributed by atoms with E-state index in [1.54, 1.807) is 0 Å². The van der Waals surface area contributed by atoms with Gasteiger partial charge in [0.25, 0.3) is 0 Å². The lowest BCUT2D eigenvalue weighted by molar-refractivity contribution is -0.278. The van der Waals surface area contributed by atoms with Gasteiger partial charge in [-0.1, -0.05) is 0 Å². The SMILES string of the molecule is OC1(C(F)(F)F)CCC2CNCCC2C1. The molecule has 1 heterocycles. The van der Waals surface area contributed by atoms with Gasteiger partial charge in [-0.15, -0.1) is 0 Å². The molecule has 0 bridgehead atoms. The Hall–Kier alpha value is -0.290. The first-order valence-corrected chi connectivity index (χ1v) is 5.42. The molecule has 0 amide bonds. The van der Waals surface area contributed by atoms with Crippen molar-refractivity contribution in [1.29, 1.82) is 0 Å². The highest BCUT2D eigenvalue weighted by Gasteiger charge is 2.56. The van der Waals surface area contributed by atoms with Crippen LogP contribution in [0.2, 0.25) is 0 Å². The topological polar surface area (TPSA) is 32.3 Å². The third-order valence-electron chi connectivity index (χ3n) is 3.82. The summed E-state index contributed by atoms with van der Waals surface area (Å²) >= 11 is 0. The quantitative estimate of drug-likeness (QED) is 0.655. The Morgan fingerprint density at radius 2 is 1.93 bits per heavy atom. The number of nitrogens with one attached hydrogen (secondary N) is 1. The number of alkyl halides is 3. The molecule has 0 aromatic heterocycles. The summed E-state index contributed by atoms with van der Waals surface area (Å²) in [5, 5.41) is 12.8. The van der Waals surface area contributed by atoms with E-state index in [0.29, 0.717) is 12.3 Å². The van der Waals surface area contributed by atoms with Gasteiger partial charge in [-0.05, 0) is 50.6 Å².